The molecule has 0 bridgehead atoms. The maximum absolute atomic E-state index is 5.91. The summed E-state index contributed by atoms with van der Waals surface area (Å²) in [7, 11) is 1.68. The number of nitrogens with one attached hydrogen (secondary N) is 1. The molecule has 4 nitrogen and oxygen atoms in total. The van der Waals surface area contributed by atoms with Crippen molar-refractivity contribution >= 4 is 0 Å². The van der Waals surface area contributed by atoms with Crippen LogP contribution in [0.15, 0.2) is 48.5 Å². The fourth-order valence-corrected chi connectivity index (χ4v) is 3.05. The van der Waals surface area contributed by atoms with E-state index in [0.29, 0.717) is 12.7 Å². The molecule has 0 spiro atoms. The summed E-state index contributed by atoms with van der Waals surface area (Å²) in [5, 5.41) is 3.46. The van der Waals surface area contributed by atoms with Gasteiger partial charge in [-0.3, -0.25) is 0 Å². The van der Waals surface area contributed by atoms with E-state index < -0.39 is 0 Å². The molecule has 3 rings (SSSR count). The van der Waals surface area contributed by atoms with Crippen LogP contribution < -0.4 is 14.8 Å². The van der Waals surface area contributed by atoms with Gasteiger partial charge in [-0.2, -0.15) is 0 Å². The summed E-state index contributed by atoms with van der Waals surface area (Å²) < 4.78 is 17.0. The van der Waals surface area contributed by atoms with Gasteiger partial charge >= 0.3 is 0 Å². The van der Waals surface area contributed by atoms with E-state index in [0.717, 1.165) is 44.0 Å². The average molecular weight is 341 g/mol. The number of methoxy groups -OCH3 is 1. The van der Waals surface area contributed by atoms with Crippen molar-refractivity contribution < 1.29 is 14.2 Å². The first kappa shape index (κ1) is 17.8. The van der Waals surface area contributed by atoms with Crippen molar-refractivity contribution in [2.45, 2.75) is 31.9 Å². The maximum atomic E-state index is 5.91. The van der Waals surface area contributed by atoms with Crippen LogP contribution >= 0.6 is 0 Å². The quantitative estimate of drug-likeness (QED) is 0.757. The van der Waals surface area contributed by atoms with Crippen molar-refractivity contribution in [2.75, 3.05) is 26.9 Å². The molecular formula is C21H27NO3. The van der Waals surface area contributed by atoms with Crippen molar-refractivity contribution in [3.63, 3.8) is 0 Å². The molecule has 25 heavy (non-hydrogen) atoms. The zero-order chi connectivity index (χ0) is 17.3. The topological polar surface area (TPSA) is 39.7 Å². The predicted octanol–water partition coefficient (Wildman–Crippen LogP) is 3.59. The van der Waals surface area contributed by atoms with Gasteiger partial charge in [0, 0.05) is 26.1 Å². The lowest BCUT2D eigenvalue weighted by Gasteiger charge is -2.14. The SMILES string of the molecule is COc1cc(CNCC2CCCO2)ccc1OCCc1ccccc1. The highest BCUT2D eigenvalue weighted by Gasteiger charge is 2.14. The minimum Gasteiger partial charge on any atom is -0.493 e. The molecule has 1 aliphatic rings. The van der Waals surface area contributed by atoms with Crippen LogP contribution in [-0.4, -0.2) is 33.0 Å². The van der Waals surface area contributed by atoms with Gasteiger partial charge in [-0.25, -0.2) is 0 Å². The Morgan fingerprint density at radius 3 is 2.72 bits per heavy atom. The van der Waals surface area contributed by atoms with Crippen LogP contribution in [0.25, 0.3) is 0 Å². The zero-order valence-electron chi connectivity index (χ0n) is 14.9. The minimum absolute atomic E-state index is 0.363. The second-order valence-corrected chi connectivity index (χ2v) is 6.34. The normalized spacial score (nSPS) is 16.8. The first-order valence-electron chi connectivity index (χ1n) is 9.01. The van der Waals surface area contributed by atoms with E-state index in [-0.39, 0.29) is 0 Å². The summed E-state index contributed by atoms with van der Waals surface area (Å²) in [4.78, 5) is 0. The summed E-state index contributed by atoms with van der Waals surface area (Å²) in [6.45, 7) is 3.24. The summed E-state index contributed by atoms with van der Waals surface area (Å²) in [5.41, 5.74) is 2.46. The molecule has 0 aromatic heterocycles. The third-order valence-electron chi connectivity index (χ3n) is 4.44. The van der Waals surface area contributed by atoms with Crippen LogP contribution in [0.4, 0.5) is 0 Å². The molecule has 1 atom stereocenters. The second-order valence-electron chi connectivity index (χ2n) is 6.34. The van der Waals surface area contributed by atoms with Crippen LogP contribution in [0.1, 0.15) is 24.0 Å². The van der Waals surface area contributed by atoms with Gasteiger partial charge in [-0.05, 0) is 36.1 Å². The van der Waals surface area contributed by atoms with Crippen LogP contribution in [0.3, 0.4) is 0 Å². The molecule has 2 aromatic rings. The molecule has 0 radical (unpaired) electrons. The van der Waals surface area contributed by atoms with Crippen LogP contribution in [-0.2, 0) is 17.7 Å². The molecular weight excluding hydrogens is 314 g/mol. The van der Waals surface area contributed by atoms with Gasteiger partial charge in [0.1, 0.15) is 0 Å². The van der Waals surface area contributed by atoms with Crippen LogP contribution in [0, 0.1) is 0 Å². The zero-order valence-corrected chi connectivity index (χ0v) is 14.9. The average Bonchev–Trinajstić information content (AvgIpc) is 3.17. The van der Waals surface area contributed by atoms with Gasteiger partial charge in [-0.1, -0.05) is 36.4 Å². The van der Waals surface area contributed by atoms with Crippen LogP contribution in [0.5, 0.6) is 11.5 Å². The Balaban J connectivity index is 1.48. The summed E-state index contributed by atoms with van der Waals surface area (Å²) in [6.07, 6.45) is 3.58. The van der Waals surface area contributed by atoms with Gasteiger partial charge in [0.2, 0.25) is 0 Å². The third kappa shape index (κ3) is 5.48. The molecule has 0 aliphatic carbocycles. The number of hydrogen-bond donors (Lipinski definition) is 1. The molecule has 0 saturated carbocycles. The van der Waals surface area contributed by atoms with E-state index in [1.165, 1.54) is 17.5 Å². The van der Waals surface area contributed by atoms with Crippen molar-refractivity contribution in [2.24, 2.45) is 0 Å². The van der Waals surface area contributed by atoms with Gasteiger partial charge in [0.05, 0.1) is 19.8 Å². The highest BCUT2D eigenvalue weighted by molar-refractivity contribution is 5.43. The third-order valence-corrected chi connectivity index (χ3v) is 4.44. The van der Waals surface area contributed by atoms with Crippen molar-refractivity contribution in [1.82, 2.24) is 5.32 Å². The van der Waals surface area contributed by atoms with Crippen molar-refractivity contribution in [3.8, 4) is 11.5 Å². The molecule has 1 fully saturated rings. The molecule has 1 aliphatic heterocycles. The Morgan fingerprint density at radius 1 is 1.08 bits per heavy atom. The van der Waals surface area contributed by atoms with Gasteiger partial charge in [-0.15, -0.1) is 0 Å². The Hall–Kier alpha value is -2.04. The molecule has 134 valence electrons. The number of rotatable bonds is 9. The van der Waals surface area contributed by atoms with E-state index in [4.69, 9.17) is 14.2 Å². The molecule has 1 saturated heterocycles. The molecule has 1 heterocycles. The highest BCUT2D eigenvalue weighted by atomic mass is 16.5. The van der Waals surface area contributed by atoms with Gasteiger partial charge in [0.25, 0.3) is 0 Å². The summed E-state index contributed by atoms with van der Waals surface area (Å²) in [6, 6.07) is 16.5. The fourth-order valence-electron chi connectivity index (χ4n) is 3.05. The van der Waals surface area contributed by atoms with E-state index in [1.807, 2.05) is 30.3 Å². The molecule has 1 unspecified atom stereocenters. The molecule has 0 amide bonds. The monoisotopic (exact) mass is 341 g/mol. The van der Waals surface area contributed by atoms with Crippen molar-refractivity contribution in [3.05, 3.63) is 59.7 Å². The summed E-state index contributed by atoms with van der Waals surface area (Å²) >= 11 is 0. The molecule has 4 heteroatoms. The van der Waals surface area contributed by atoms with E-state index in [2.05, 4.69) is 23.5 Å². The first-order valence-corrected chi connectivity index (χ1v) is 9.01. The Morgan fingerprint density at radius 2 is 1.96 bits per heavy atom. The van der Waals surface area contributed by atoms with Crippen molar-refractivity contribution in [1.29, 1.82) is 0 Å². The Kier molecular flexibility index (Phi) is 6.71. The van der Waals surface area contributed by atoms with E-state index in [1.54, 1.807) is 7.11 Å². The van der Waals surface area contributed by atoms with E-state index >= 15 is 0 Å². The lowest BCUT2D eigenvalue weighted by atomic mass is 10.1. The number of ether oxygens (including phenoxy) is 3. The minimum atomic E-state index is 0.363. The standard InChI is InChI=1S/C21H27NO3/c1-23-21-14-18(15-22-16-19-8-5-12-24-19)9-10-20(21)25-13-11-17-6-3-2-4-7-17/h2-4,6-7,9-10,14,19,22H,5,8,11-13,15-16H2,1H3. The molecule has 1 N–H and O–H groups in total. The fraction of sp³-hybridized carbons (Fsp3) is 0.429. The van der Waals surface area contributed by atoms with Gasteiger partial charge < -0.3 is 19.5 Å². The largest absolute Gasteiger partial charge is 0.493 e. The van der Waals surface area contributed by atoms with E-state index in [9.17, 15) is 0 Å². The van der Waals surface area contributed by atoms with Gasteiger partial charge in [0.15, 0.2) is 11.5 Å². The first-order chi connectivity index (χ1) is 12.3. The molecule has 2 aromatic carbocycles. The Bertz CT molecular complexity index is 639. The lowest BCUT2D eigenvalue weighted by Crippen LogP contribution is -2.25. The smallest absolute Gasteiger partial charge is 0.161 e. The maximum Gasteiger partial charge on any atom is 0.161 e. The highest BCUT2D eigenvalue weighted by Crippen LogP contribution is 2.28. The predicted molar refractivity (Wildman–Crippen MR) is 99.3 cm³/mol. The Labute approximate surface area is 150 Å². The summed E-state index contributed by atoms with van der Waals surface area (Å²) in [5.74, 6) is 1.57. The number of hydrogen-bond acceptors (Lipinski definition) is 4. The lowest BCUT2D eigenvalue weighted by molar-refractivity contribution is 0.110. The number of benzene rings is 2. The van der Waals surface area contributed by atoms with Crippen LogP contribution in [0.2, 0.25) is 0 Å². The second kappa shape index (κ2) is 9.44.